The van der Waals surface area contributed by atoms with Crippen molar-refractivity contribution < 1.29 is 4.39 Å². The van der Waals surface area contributed by atoms with Crippen molar-refractivity contribution in [1.82, 2.24) is 20.0 Å². The molecule has 6 heteroatoms. The lowest BCUT2D eigenvalue weighted by molar-refractivity contribution is 0.0884. The third-order valence-corrected chi connectivity index (χ3v) is 7.66. The second-order valence-electron chi connectivity index (χ2n) is 9.65. The van der Waals surface area contributed by atoms with E-state index in [2.05, 4.69) is 31.1 Å². The first-order chi connectivity index (χ1) is 15.3. The van der Waals surface area contributed by atoms with Gasteiger partial charge in [0.2, 0.25) is 0 Å². The summed E-state index contributed by atoms with van der Waals surface area (Å²) in [6, 6.07) is 7.79. The van der Waals surface area contributed by atoms with Crippen LogP contribution in [0, 0.1) is 5.82 Å². The number of nitrogens with zero attached hydrogens (tertiary/aromatic N) is 4. The number of H-pyrrole nitrogens is 1. The van der Waals surface area contributed by atoms with E-state index in [1.165, 1.54) is 62.7 Å². The molecule has 2 aromatic rings. The molecular formula is C25H36FN5. The molecule has 31 heavy (non-hydrogen) atoms. The molecule has 2 saturated heterocycles. The maximum absolute atomic E-state index is 14.2. The third kappa shape index (κ3) is 4.80. The molecule has 2 aliphatic heterocycles. The number of piperazine rings is 1. The van der Waals surface area contributed by atoms with E-state index >= 15 is 0 Å². The molecule has 0 radical (unpaired) electrons. The van der Waals surface area contributed by atoms with E-state index in [-0.39, 0.29) is 5.82 Å². The summed E-state index contributed by atoms with van der Waals surface area (Å²) in [6.45, 7) is 7.19. The largest absolute Gasteiger partial charge is 0.367 e. The van der Waals surface area contributed by atoms with Crippen LogP contribution in [-0.4, -0.2) is 65.3 Å². The predicted octanol–water partition coefficient (Wildman–Crippen LogP) is 4.38. The molecule has 1 aromatic heterocycles. The van der Waals surface area contributed by atoms with Crippen LogP contribution in [0.5, 0.6) is 0 Å². The molecule has 0 unspecified atom stereocenters. The van der Waals surface area contributed by atoms with Crippen LogP contribution in [-0.2, 0) is 6.54 Å². The number of hydrogen-bond donors (Lipinski definition) is 1. The number of nitrogens with one attached hydrogen (secondary N) is 1. The van der Waals surface area contributed by atoms with E-state index in [0.29, 0.717) is 12.0 Å². The number of benzene rings is 1. The van der Waals surface area contributed by atoms with Gasteiger partial charge < -0.3 is 4.90 Å². The Morgan fingerprint density at radius 1 is 0.935 bits per heavy atom. The quantitative estimate of drug-likeness (QED) is 0.771. The highest BCUT2D eigenvalue weighted by molar-refractivity contribution is 5.48. The number of likely N-dealkylation sites (tertiary alicyclic amines) is 1. The van der Waals surface area contributed by atoms with Gasteiger partial charge >= 0.3 is 0 Å². The summed E-state index contributed by atoms with van der Waals surface area (Å²) >= 11 is 0. The van der Waals surface area contributed by atoms with Crippen LogP contribution >= 0.6 is 0 Å². The van der Waals surface area contributed by atoms with Gasteiger partial charge in [-0.15, -0.1) is 0 Å². The first kappa shape index (κ1) is 21.0. The van der Waals surface area contributed by atoms with Crippen LogP contribution in [0.3, 0.4) is 0 Å². The lowest BCUT2D eigenvalue weighted by Gasteiger charge is -2.44. The molecule has 1 aliphatic carbocycles. The molecule has 1 aromatic carbocycles. The molecule has 3 fully saturated rings. The zero-order valence-electron chi connectivity index (χ0n) is 18.6. The van der Waals surface area contributed by atoms with Crippen molar-refractivity contribution in [2.75, 3.05) is 44.2 Å². The molecule has 5 rings (SSSR count). The number of anilines is 1. The van der Waals surface area contributed by atoms with Gasteiger partial charge in [0.25, 0.3) is 0 Å². The van der Waals surface area contributed by atoms with Gasteiger partial charge in [0.1, 0.15) is 5.82 Å². The molecule has 3 heterocycles. The molecule has 0 spiro atoms. The Labute approximate surface area is 185 Å². The van der Waals surface area contributed by atoms with Gasteiger partial charge in [-0.05, 0) is 44.4 Å². The van der Waals surface area contributed by atoms with Crippen LogP contribution < -0.4 is 4.90 Å². The molecule has 168 valence electrons. The zero-order valence-corrected chi connectivity index (χ0v) is 18.6. The van der Waals surface area contributed by atoms with E-state index in [9.17, 15) is 4.39 Å². The fourth-order valence-corrected chi connectivity index (χ4v) is 5.94. The highest BCUT2D eigenvalue weighted by Gasteiger charge is 2.29. The molecule has 0 bridgehead atoms. The smallest absolute Gasteiger partial charge is 0.146 e. The average Bonchev–Trinajstić information content (AvgIpc) is 3.28. The normalized spacial score (nSPS) is 24.5. The van der Waals surface area contributed by atoms with Crippen LogP contribution in [0.25, 0.3) is 0 Å². The Morgan fingerprint density at radius 3 is 2.55 bits per heavy atom. The number of rotatable bonds is 5. The van der Waals surface area contributed by atoms with Gasteiger partial charge in [0.05, 0.1) is 11.9 Å². The molecule has 0 amide bonds. The van der Waals surface area contributed by atoms with Gasteiger partial charge in [-0.3, -0.25) is 14.9 Å². The fraction of sp³-hybridized carbons (Fsp3) is 0.640. The minimum Gasteiger partial charge on any atom is -0.367 e. The van der Waals surface area contributed by atoms with Crippen molar-refractivity contribution in [2.24, 2.45) is 0 Å². The number of para-hydroxylation sites is 1. The summed E-state index contributed by atoms with van der Waals surface area (Å²) in [5.41, 5.74) is 3.57. The van der Waals surface area contributed by atoms with Gasteiger partial charge in [-0.1, -0.05) is 31.4 Å². The van der Waals surface area contributed by atoms with Crippen molar-refractivity contribution in [3.63, 3.8) is 0 Å². The van der Waals surface area contributed by atoms with Crippen molar-refractivity contribution in [3.8, 4) is 0 Å². The van der Waals surface area contributed by atoms with Crippen LogP contribution in [0.2, 0.25) is 0 Å². The molecule has 1 atom stereocenters. The van der Waals surface area contributed by atoms with Gasteiger partial charge in [0, 0.05) is 62.5 Å². The second-order valence-corrected chi connectivity index (χ2v) is 9.65. The summed E-state index contributed by atoms with van der Waals surface area (Å²) in [5, 5.41) is 7.76. The van der Waals surface area contributed by atoms with Gasteiger partial charge in [0.15, 0.2) is 0 Å². The monoisotopic (exact) mass is 425 g/mol. The number of aromatic amines is 1. The van der Waals surface area contributed by atoms with Crippen molar-refractivity contribution in [1.29, 1.82) is 0 Å². The predicted molar refractivity (Wildman–Crippen MR) is 123 cm³/mol. The number of hydrogen-bond acceptors (Lipinski definition) is 4. The maximum Gasteiger partial charge on any atom is 0.146 e. The number of halogens is 1. The molecular weight excluding hydrogens is 389 g/mol. The summed E-state index contributed by atoms with van der Waals surface area (Å²) in [5.74, 6) is 0.576. The molecule has 1 N–H and O–H groups in total. The summed E-state index contributed by atoms with van der Waals surface area (Å²) in [7, 11) is 0. The highest BCUT2D eigenvalue weighted by atomic mass is 19.1. The lowest BCUT2D eigenvalue weighted by Crippen LogP contribution is -2.55. The van der Waals surface area contributed by atoms with E-state index in [1.807, 2.05) is 12.1 Å². The summed E-state index contributed by atoms with van der Waals surface area (Å²) in [6.07, 6.45) is 11.3. The Morgan fingerprint density at radius 2 is 1.74 bits per heavy atom. The molecule has 5 nitrogen and oxygen atoms in total. The summed E-state index contributed by atoms with van der Waals surface area (Å²) < 4.78 is 14.2. The first-order valence-corrected chi connectivity index (χ1v) is 12.3. The molecule has 1 saturated carbocycles. The minimum absolute atomic E-state index is 0.103. The fourth-order valence-electron chi connectivity index (χ4n) is 5.94. The molecule has 3 aliphatic rings. The van der Waals surface area contributed by atoms with Crippen LogP contribution in [0.1, 0.15) is 62.1 Å². The topological polar surface area (TPSA) is 38.4 Å². The number of aromatic nitrogens is 2. The first-order valence-electron chi connectivity index (χ1n) is 12.3. The number of piperidine rings is 1. The summed E-state index contributed by atoms with van der Waals surface area (Å²) in [4.78, 5) is 7.48. The Balaban J connectivity index is 1.16. The Hall–Kier alpha value is -1.92. The maximum atomic E-state index is 14.2. The van der Waals surface area contributed by atoms with Crippen molar-refractivity contribution in [3.05, 3.63) is 47.5 Å². The Bertz CT molecular complexity index is 838. The average molecular weight is 426 g/mol. The third-order valence-electron chi connectivity index (χ3n) is 7.66. The van der Waals surface area contributed by atoms with Crippen molar-refractivity contribution in [2.45, 2.75) is 63.5 Å². The van der Waals surface area contributed by atoms with E-state index in [1.54, 1.807) is 12.1 Å². The van der Waals surface area contributed by atoms with E-state index < -0.39 is 0 Å². The van der Waals surface area contributed by atoms with Crippen LogP contribution in [0.4, 0.5) is 10.1 Å². The van der Waals surface area contributed by atoms with Gasteiger partial charge in [-0.2, -0.15) is 5.10 Å². The lowest BCUT2D eigenvalue weighted by atomic mass is 9.85. The second kappa shape index (κ2) is 9.70. The Kier molecular flexibility index (Phi) is 6.55. The van der Waals surface area contributed by atoms with Crippen LogP contribution in [0.15, 0.2) is 30.5 Å². The van der Waals surface area contributed by atoms with Crippen molar-refractivity contribution >= 4 is 5.69 Å². The SMILES string of the molecule is Fc1ccccc1N1CCN([C@@H]2CCCN(Cc3cn[nH]c3C3CCCCC3)C2)CC1. The van der Waals surface area contributed by atoms with E-state index in [0.717, 1.165) is 45.0 Å². The minimum atomic E-state index is -0.103. The van der Waals surface area contributed by atoms with Gasteiger partial charge in [-0.25, -0.2) is 4.39 Å². The van der Waals surface area contributed by atoms with E-state index in [4.69, 9.17) is 0 Å². The zero-order chi connectivity index (χ0) is 21.0. The highest BCUT2D eigenvalue weighted by Crippen LogP contribution is 2.34. The standard InChI is InChI=1S/C25H36FN5/c26-23-10-4-5-11-24(23)31-15-13-30(14-16-31)22-9-6-12-29(19-22)18-21-17-27-28-25(21)20-7-2-1-3-8-20/h4-5,10-11,17,20,22H,1-3,6-9,12-16,18-19H2,(H,27,28)/t22-/m1/s1.